The zero-order valence-electron chi connectivity index (χ0n) is 16.3. The molecule has 28 heavy (non-hydrogen) atoms. The van der Waals surface area contributed by atoms with E-state index >= 15 is 0 Å². The number of halogens is 1. The van der Waals surface area contributed by atoms with Crippen LogP contribution in [0.2, 0.25) is 0 Å². The summed E-state index contributed by atoms with van der Waals surface area (Å²) in [7, 11) is 0. The highest BCUT2D eigenvalue weighted by molar-refractivity contribution is 9.10. The molecule has 2 amide bonds. The number of piperidine rings is 1. The fourth-order valence-electron chi connectivity index (χ4n) is 3.76. The number of anilines is 1. The van der Waals surface area contributed by atoms with Gasteiger partial charge in [0, 0.05) is 29.8 Å². The smallest absolute Gasteiger partial charge is 0.253 e. The second kappa shape index (κ2) is 7.71. The summed E-state index contributed by atoms with van der Waals surface area (Å²) in [6, 6.07) is 1.95. The molecule has 4 N–H and O–H groups in total. The lowest BCUT2D eigenvalue weighted by Crippen LogP contribution is -2.53. The molecule has 0 unspecified atom stereocenters. The summed E-state index contributed by atoms with van der Waals surface area (Å²) in [5.41, 5.74) is 5.94. The van der Waals surface area contributed by atoms with Crippen molar-refractivity contribution in [2.75, 3.05) is 18.4 Å². The van der Waals surface area contributed by atoms with Gasteiger partial charge in [0.2, 0.25) is 0 Å². The van der Waals surface area contributed by atoms with E-state index in [1.54, 1.807) is 9.42 Å². The molecule has 1 aliphatic rings. The Hall–Kier alpha value is -2.13. The van der Waals surface area contributed by atoms with E-state index in [1.165, 1.54) is 20.0 Å². The number of fused-ring (bicyclic) bond motifs is 1. The second-order valence-electron chi connectivity index (χ2n) is 7.80. The molecule has 0 bridgehead atoms. The van der Waals surface area contributed by atoms with Gasteiger partial charge in [-0.05, 0) is 54.6 Å². The van der Waals surface area contributed by atoms with Crippen LogP contribution in [0.5, 0.6) is 0 Å². The molecule has 9 heteroatoms. The van der Waals surface area contributed by atoms with E-state index in [0.29, 0.717) is 30.8 Å². The Morgan fingerprint density at radius 2 is 2.18 bits per heavy atom. The summed E-state index contributed by atoms with van der Waals surface area (Å²) in [4.78, 5) is 26.1. The summed E-state index contributed by atoms with van der Waals surface area (Å²) >= 11 is 3.44. The van der Waals surface area contributed by atoms with Crippen molar-refractivity contribution in [2.45, 2.75) is 45.3 Å². The fourth-order valence-corrected chi connectivity index (χ4v) is 4.17. The van der Waals surface area contributed by atoms with Crippen LogP contribution in [-0.2, 0) is 4.79 Å². The molecule has 0 aromatic carbocycles. The van der Waals surface area contributed by atoms with Crippen molar-refractivity contribution in [3.63, 3.8) is 0 Å². The van der Waals surface area contributed by atoms with Gasteiger partial charge < -0.3 is 21.1 Å². The normalized spacial score (nSPS) is 20.4. The molecule has 0 saturated carbocycles. The number of carbonyl (C=O) groups is 2. The third kappa shape index (κ3) is 4.00. The molecule has 2 atom stereocenters. The number of nitrogens with one attached hydrogen (secondary N) is 1. The highest BCUT2D eigenvalue weighted by Crippen LogP contribution is 2.30. The maximum Gasteiger partial charge on any atom is 0.253 e. The average Bonchev–Trinajstić information content (AvgIpc) is 3.01. The van der Waals surface area contributed by atoms with E-state index in [9.17, 15) is 14.7 Å². The first-order chi connectivity index (χ1) is 13.1. The Labute approximate surface area is 172 Å². The molecule has 3 rings (SSSR count). The molecule has 0 radical (unpaired) electrons. The first kappa shape index (κ1) is 20.6. The Bertz CT molecular complexity index is 905. The molecule has 3 heterocycles. The Morgan fingerprint density at radius 3 is 2.79 bits per heavy atom. The molecular weight excluding hydrogens is 426 g/mol. The van der Waals surface area contributed by atoms with Crippen LogP contribution in [0.25, 0.3) is 5.52 Å². The van der Waals surface area contributed by atoms with Crippen LogP contribution in [0.1, 0.15) is 44.0 Å². The van der Waals surface area contributed by atoms with Gasteiger partial charge in [-0.2, -0.15) is 5.10 Å². The average molecular weight is 452 g/mol. The maximum absolute atomic E-state index is 12.4. The number of aromatic nitrogens is 2. The van der Waals surface area contributed by atoms with Crippen LogP contribution in [-0.4, -0.2) is 56.2 Å². The quantitative estimate of drug-likeness (QED) is 0.643. The SMILES string of the molecule is CC[C@H]1CN(C(=O)C(C)(C)O)CC[C@H]1Nc1c(C(N)=O)cnn2cc(Br)cc12. The number of likely N-dealkylation sites (tertiary alicyclic amines) is 1. The van der Waals surface area contributed by atoms with Gasteiger partial charge in [-0.25, -0.2) is 4.52 Å². The minimum atomic E-state index is -1.38. The van der Waals surface area contributed by atoms with Crippen molar-refractivity contribution in [3.8, 4) is 0 Å². The van der Waals surface area contributed by atoms with Crippen molar-refractivity contribution < 1.29 is 14.7 Å². The predicted molar refractivity (Wildman–Crippen MR) is 110 cm³/mol. The first-order valence-corrected chi connectivity index (χ1v) is 10.2. The van der Waals surface area contributed by atoms with Gasteiger partial charge in [0.1, 0.15) is 5.60 Å². The Balaban J connectivity index is 1.88. The molecule has 2 aromatic heterocycles. The molecule has 152 valence electrons. The number of aliphatic hydroxyl groups is 1. The van der Waals surface area contributed by atoms with Crippen molar-refractivity contribution in [3.05, 3.63) is 28.5 Å². The number of carbonyl (C=O) groups excluding carboxylic acids is 2. The standard InChI is InChI=1S/C19H26BrN5O3/c1-4-11-9-24(18(27)19(2,3)28)6-5-14(11)23-16-13(17(21)26)8-22-25-10-12(20)7-15(16)25/h7-8,10-11,14,23,28H,4-6,9H2,1-3H3,(H2,21,26)/t11-,14+/m0/s1. The number of hydrogen-bond donors (Lipinski definition) is 3. The van der Waals surface area contributed by atoms with Crippen LogP contribution in [0.4, 0.5) is 5.69 Å². The number of nitrogens with zero attached hydrogens (tertiary/aromatic N) is 3. The minimum absolute atomic E-state index is 0.0637. The lowest BCUT2D eigenvalue weighted by Gasteiger charge is -2.41. The number of rotatable bonds is 5. The van der Waals surface area contributed by atoms with Gasteiger partial charge in [0.25, 0.3) is 11.8 Å². The highest BCUT2D eigenvalue weighted by atomic mass is 79.9. The molecule has 8 nitrogen and oxygen atoms in total. The summed E-state index contributed by atoms with van der Waals surface area (Å²) in [5, 5.41) is 17.8. The Kier molecular flexibility index (Phi) is 5.67. The fraction of sp³-hybridized carbons (Fsp3) is 0.526. The summed E-state index contributed by atoms with van der Waals surface area (Å²) in [6.45, 7) is 6.18. The van der Waals surface area contributed by atoms with Gasteiger partial charge in [-0.15, -0.1) is 0 Å². The van der Waals surface area contributed by atoms with Gasteiger partial charge >= 0.3 is 0 Å². The molecule has 1 aliphatic heterocycles. The van der Waals surface area contributed by atoms with E-state index in [-0.39, 0.29) is 17.9 Å². The van der Waals surface area contributed by atoms with E-state index < -0.39 is 11.5 Å². The summed E-state index contributed by atoms with van der Waals surface area (Å²) < 4.78 is 2.54. The maximum atomic E-state index is 12.4. The summed E-state index contributed by atoms with van der Waals surface area (Å²) in [5.74, 6) is -0.631. The number of hydrogen-bond acceptors (Lipinski definition) is 5. The van der Waals surface area contributed by atoms with Gasteiger partial charge in [0.05, 0.1) is 23.0 Å². The largest absolute Gasteiger partial charge is 0.381 e. The van der Waals surface area contributed by atoms with Gasteiger partial charge in [0.15, 0.2) is 0 Å². The number of amides is 2. The van der Waals surface area contributed by atoms with Crippen LogP contribution in [0.3, 0.4) is 0 Å². The lowest BCUT2D eigenvalue weighted by atomic mass is 9.88. The zero-order valence-corrected chi connectivity index (χ0v) is 17.9. The summed E-state index contributed by atoms with van der Waals surface area (Å²) in [6.07, 6.45) is 4.84. The molecular formula is C19H26BrN5O3. The number of nitrogens with two attached hydrogens (primary N) is 1. The monoisotopic (exact) mass is 451 g/mol. The lowest BCUT2D eigenvalue weighted by molar-refractivity contribution is -0.149. The van der Waals surface area contributed by atoms with Crippen LogP contribution in [0.15, 0.2) is 22.9 Å². The third-order valence-electron chi connectivity index (χ3n) is 5.27. The van der Waals surface area contributed by atoms with Crippen molar-refractivity contribution in [1.82, 2.24) is 14.5 Å². The molecule has 0 spiro atoms. The van der Waals surface area contributed by atoms with Gasteiger partial charge in [-0.3, -0.25) is 9.59 Å². The molecule has 1 fully saturated rings. The van der Waals surface area contributed by atoms with E-state index in [2.05, 4.69) is 33.3 Å². The van der Waals surface area contributed by atoms with E-state index in [4.69, 9.17) is 5.73 Å². The second-order valence-corrected chi connectivity index (χ2v) is 8.72. The van der Waals surface area contributed by atoms with E-state index in [1.807, 2.05) is 12.3 Å². The van der Waals surface area contributed by atoms with Crippen molar-refractivity contribution in [2.24, 2.45) is 11.7 Å². The first-order valence-electron chi connectivity index (χ1n) is 9.36. The van der Waals surface area contributed by atoms with Crippen LogP contribution in [0, 0.1) is 5.92 Å². The van der Waals surface area contributed by atoms with Crippen LogP contribution < -0.4 is 11.1 Å². The zero-order chi connectivity index (χ0) is 20.6. The van der Waals surface area contributed by atoms with Crippen molar-refractivity contribution >= 4 is 38.9 Å². The molecule has 2 aromatic rings. The topological polar surface area (TPSA) is 113 Å². The van der Waals surface area contributed by atoms with Gasteiger partial charge in [-0.1, -0.05) is 6.92 Å². The van der Waals surface area contributed by atoms with Crippen molar-refractivity contribution in [1.29, 1.82) is 0 Å². The molecule has 1 saturated heterocycles. The predicted octanol–water partition coefficient (Wildman–Crippen LogP) is 2.01. The third-order valence-corrected chi connectivity index (χ3v) is 5.70. The number of primary amides is 1. The molecule has 0 aliphatic carbocycles. The highest BCUT2D eigenvalue weighted by Gasteiger charge is 2.36. The Morgan fingerprint density at radius 1 is 1.46 bits per heavy atom. The van der Waals surface area contributed by atoms with Crippen LogP contribution >= 0.6 is 15.9 Å². The van der Waals surface area contributed by atoms with E-state index in [0.717, 1.165) is 16.4 Å². The minimum Gasteiger partial charge on any atom is -0.381 e.